The Hall–Kier alpha value is -1.89. The van der Waals surface area contributed by atoms with Crippen molar-refractivity contribution in [1.29, 1.82) is 0 Å². The summed E-state index contributed by atoms with van der Waals surface area (Å²) in [7, 11) is 0. The molecule has 0 saturated heterocycles. The molecule has 20 heavy (non-hydrogen) atoms. The predicted molar refractivity (Wildman–Crippen MR) is 68.6 cm³/mol. The van der Waals surface area contributed by atoms with Gasteiger partial charge in [-0.15, -0.1) is 11.3 Å². The van der Waals surface area contributed by atoms with E-state index in [1.165, 1.54) is 23.5 Å². The van der Waals surface area contributed by atoms with Crippen LogP contribution in [0.25, 0.3) is 10.4 Å². The maximum Gasteiger partial charge on any atom is 0.416 e. The maximum atomic E-state index is 12.7. The fourth-order valence-electron chi connectivity index (χ4n) is 1.80. The molecule has 0 aliphatic carbocycles. The first kappa shape index (κ1) is 14.5. The number of alkyl halides is 3. The molecular formula is C13H10F3NO2S. The third-order valence-corrected chi connectivity index (χ3v) is 3.64. The van der Waals surface area contributed by atoms with Gasteiger partial charge in [-0.3, -0.25) is 4.79 Å². The van der Waals surface area contributed by atoms with Crippen LogP contribution in [0.1, 0.15) is 16.3 Å². The first-order valence-corrected chi connectivity index (χ1v) is 6.45. The van der Waals surface area contributed by atoms with E-state index < -0.39 is 17.7 Å². The van der Waals surface area contributed by atoms with Gasteiger partial charge >= 0.3 is 12.1 Å². The van der Waals surface area contributed by atoms with Gasteiger partial charge in [0.15, 0.2) is 0 Å². The van der Waals surface area contributed by atoms with E-state index in [0.29, 0.717) is 21.1 Å². The summed E-state index contributed by atoms with van der Waals surface area (Å²) >= 11 is 1.19. The number of nitrogens with zero attached hydrogens (tertiary/aromatic N) is 1. The highest BCUT2D eigenvalue weighted by Gasteiger charge is 2.30. The van der Waals surface area contributed by atoms with Gasteiger partial charge in [-0.2, -0.15) is 13.2 Å². The molecule has 0 fully saturated rings. The quantitative estimate of drug-likeness (QED) is 0.939. The number of carboxylic acids is 1. The molecule has 0 aliphatic heterocycles. The molecule has 7 heteroatoms. The highest BCUT2D eigenvalue weighted by Crippen LogP contribution is 2.35. The van der Waals surface area contributed by atoms with Gasteiger partial charge in [0.2, 0.25) is 0 Å². The number of hydrogen-bond donors (Lipinski definition) is 1. The number of carbonyl (C=O) groups is 1. The zero-order valence-electron chi connectivity index (χ0n) is 10.4. The molecule has 0 bridgehead atoms. The number of aromatic nitrogens is 1. The standard InChI is InChI=1S/C13H10F3NO2S/c1-7-17-10(6-11(18)19)12(20-7)8-3-2-4-9(5-8)13(14,15)16/h2-5H,6H2,1H3,(H,18,19). The van der Waals surface area contributed by atoms with Crippen molar-refractivity contribution in [2.45, 2.75) is 19.5 Å². The second-order valence-corrected chi connectivity index (χ2v) is 5.36. The van der Waals surface area contributed by atoms with Crippen LogP contribution in [-0.2, 0) is 17.4 Å². The molecule has 1 aromatic heterocycles. The second kappa shape index (κ2) is 5.24. The zero-order chi connectivity index (χ0) is 14.9. The summed E-state index contributed by atoms with van der Waals surface area (Å²) in [5.41, 5.74) is -0.136. The lowest BCUT2D eigenvalue weighted by atomic mass is 10.1. The summed E-state index contributed by atoms with van der Waals surface area (Å²) in [6.07, 6.45) is -4.74. The van der Waals surface area contributed by atoms with Crippen LogP contribution in [0, 0.1) is 6.92 Å². The third kappa shape index (κ3) is 3.16. The van der Waals surface area contributed by atoms with E-state index in [9.17, 15) is 18.0 Å². The molecule has 106 valence electrons. The Bertz CT molecular complexity index is 649. The summed E-state index contributed by atoms with van der Waals surface area (Å²) < 4.78 is 38.1. The number of aryl methyl sites for hydroxylation is 1. The molecule has 1 aromatic carbocycles. The van der Waals surface area contributed by atoms with Crippen LogP contribution in [0.5, 0.6) is 0 Å². The second-order valence-electron chi connectivity index (χ2n) is 4.16. The van der Waals surface area contributed by atoms with Gasteiger partial charge < -0.3 is 5.11 Å². The van der Waals surface area contributed by atoms with Crippen molar-refractivity contribution >= 4 is 17.3 Å². The van der Waals surface area contributed by atoms with Crippen molar-refractivity contribution in [1.82, 2.24) is 4.98 Å². The van der Waals surface area contributed by atoms with E-state index in [0.717, 1.165) is 12.1 Å². The third-order valence-electron chi connectivity index (χ3n) is 2.58. The van der Waals surface area contributed by atoms with E-state index in [-0.39, 0.29) is 6.42 Å². The van der Waals surface area contributed by atoms with Crippen LogP contribution in [0.15, 0.2) is 24.3 Å². The summed E-state index contributed by atoms with van der Waals surface area (Å²) in [4.78, 5) is 15.3. The molecule has 0 unspecified atom stereocenters. The van der Waals surface area contributed by atoms with E-state index in [1.54, 1.807) is 6.92 Å². The van der Waals surface area contributed by atoms with E-state index in [1.807, 2.05) is 0 Å². The summed E-state index contributed by atoms with van der Waals surface area (Å²) in [5, 5.41) is 9.44. The number of rotatable bonds is 3. The summed E-state index contributed by atoms with van der Waals surface area (Å²) in [5.74, 6) is -1.07. The van der Waals surface area contributed by atoms with Gasteiger partial charge in [-0.25, -0.2) is 4.98 Å². The topological polar surface area (TPSA) is 50.2 Å². The molecular weight excluding hydrogens is 291 g/mol. The van der Waals surface area contributed by atoms with Gasteiger partial charge in [0, 0.05) is 0 Å². The molecule has 2 rings (SSSR count). The zero-order valence-corrected chi connectivity index (χ0v) is 11.2. The maximum absolute atomic E-state index is 12.7. The number of aliphatic carboxylic acids is 1. The Morgan fingerprint density at radius 2 is 2.10 bits per heavy atom. The molecule has 2 aromatic rings. The van der Waals surface area contributed by atoms with Crippen molar-refractivity contribution in [3.05, 3.63) is 40.5 Å². The smallest absolute Gasteiger partial charge is 0.416 e. The van der Waals surface area contributed by atoms with Gasteiger partial charge in [0.25, 0.3) is 0 Å². The molecule has 0 atom stereocenters. The molecule has 0 amide bonds. The lowest BCUT2D eigenvalue weighted by molar-refractivity contribution is -0.138. The fraction of sp³-hybridized carbons (Fsp3) is 0.231. The van der Waals surface area contributed by atoms with E-state index in [4.69, 9.17) is 5.11 Å². The summed E-state index contributed by atoms with van der Waals surface area (Å²) in [6, 6.07) is 4.82. The van der Waals surface area contributed by atoms with Crippen molar-refractivity contribution in [2.24, 2.45) is 0 Å². The molecule has 1 N–H and O–H groups in total. The van der Waals surface area contributed by atoms with Crippen LogP contribution in [0.4, 0.5) is 13.2 Å². The van der Waals surface area contributed by atoms with Gasteiger partial charge in [-0.05, 0) is 24.6 Å². The van der Waals surface area contributed by atoms with Gasteiger partial charge in [-0.1, -0.05) is 12.1 Å². The lowest BCUT2D eigenvalue weighted by Gasteiger charge is -2.08. The first-order valence-electron chi connectivity index (χ1n) is 5.63. The Morgan fingerprint density at radius 1 is 1.40 bits per heavy atom. The van der Waals surface area contributed by atoms with E-state index in [2.05, 4.69) is 4.98 Å². The van der Waals surface area contributed by atoms with Crippen molar-refractivity contribution in [3.8, 4) is 10.4 Å². The van der Waals surface area contributed by atoms with Crippen molar-refractivity contribution in [2.75, 3.05) is 0 Å². The fourth-order valence-corrected chi connectivity index (χ4v) is 2.73. The average molecular weight is 301 g/mol. The molecule has 0 saturated carbocycles. The lowest BCUT2D eigenvalue weighted by Crippen LogP contribution is -2.05. The number of thiazole rings is 1. The minimum absolute atomic E-state index is 0.291. The molecule has 3 nitrogen and oxygen atoms in total. The van der Waals surface area contributed by atoms with Gasteiger partial charge in [0.1, 0.15) is 0 Å². The highest BCUT2D eigenvalue weighted by molar-refractivity contribution is 7.15. The normalized spacial score (nSPS) is 11.6. The van der Waals surface area contributed by atoms with Crippen LogP contribution in [-0.4, -0.2) is 16.1 Å². The monoisotopic (exact) mass is 301 g/mol. The molecule has 1 heterocycles. The van der Waals surface area contributed by atoms with Crippen LogP contribution < -0.4 is 0 Å². The first-order chi connectivity index (χ1) is 9.27. The number of carboxylic acid groups (broad SMARTS) is 1. The molecule has 0 radical (unpaired) electrons. The van der Waals surface area contributed by atoms with Gasteiger partial charge in [0.05, 0.1) is 27.6 Å². The number of halogens is 3. The van der Waals surface area contributed by atoms with Crippen LogP contribution in [0.2, 0.25) is 0 Å². The Kier molecular flexibility index (Phi) is 3.80. The van der Waals surface area contributed by atoms with E-state index >= 15 is 0 Å². The number of hydrogen-bond acceptors (Lipinski definition) is 3. The Morgan fingerprint density at radius 3 is 2.70 bits per heavy atom. The average Bonchev–Trinajstić information content (AvgIpc) is 2.68. The molecule has 0 aliphatic rings. The minimum atomic E-state index is -4.43. The Labute approximate surface area is 116 Å². The van der Waals surface area contributed by atoms with Crippen molar-refractivity contribution < 1.29 is 23.1 Å². The predicted octanol–water partition coefficient (Wildman–Crippen LogP) is 3.76. The highest BCUT2D eigenvalue weighted by atomic mass is 32.1. The molecule has 0 spiro atoms. The van der Waals surface area contributed by atoms with Crippen molar-refractivity contribution in [3.63, 3.8) is 0 Å². The number of benzene rings is 1. The van der Waals surface area contributed by atoms with Crippen LogP contribution in [0.3, 0.4) is 0 Å². The van der Waals surface area contributed by atoms with Crippen LogP contribution >= 0.6 is 11.3 Å². The largest absolute Gasteiger partial charge is 0.481 e. The Balaban J connectivity index is 2.49. The summed E-state index contributed by atoms with van der Waals surface area (Å²) in [6.45, 7) is 1.69. The SMILES string of the molecule is Cc1nc(CC(=O)O)c(-c2cccc(C(F)(F)F)c2)s1. The minimum Gasteiger partial charge on any atom is -0.481 e.